The van der Waals surface area contributed by atoms with Gasteiger partial charge >= 0.3 is 0 Å². The molecule has 0 aliphatic heterocycles. The van der Waals surface area contributed by atoms with E-state index in [2.05, 4.69) is 24.7 Å². The molecule has 3 aromatic carbocycles. The van der Waals surface area contributed by atoms with Crippen molar-refractivity contribution >= 4 is 66.0 Å². The summed E-state index contributed by atoms with van der Waals surface area (Å²) in [4.78, 5) is 11.5. The number of aryl methyl sites for hydroxylation is 1. The first-order valence-corrected chi connectivity index (χ1v) is 14.0. The zero-order valence-electron chi connectivity index (χ0n) is 18.8. The van der Waals surface area contributed by atoms with Crippen LogP contribution in [0.4, 0.5) is 11.4 Å². The Morgan fingerprint density at radius 2 is 1.71 bits per heavy atom. The average molecular weight is 603 g/mol. The number of aromatic nitrogens is 2. The Hall–Kier alpha value is -3.13. The highest BCUT2D eigenvalue weighted by atomic mass is 35.5. The molecule has 0 saturated heterocycles. The van der Waals surface area contributed by atoms with E-state index in [4.69, 9.17) is 16.9 Å². The number of azo groups is 1. The van der Waals surface area contributed by atoms with Crippen LogP contribution in [0.25, 0.3) is 16.5 Å². The third-order valence-corrected chi connectivity index (χ3v) is 7.62. The van der Waals surface area contributed by atoms with Gasteiger partial charge in [-0.2, -0.15) is 16.8 Å². The Labute approximate surface area is 223 Å². The fourth-order valence-electron chi connectivity index (χ4n) is 3.48. The maximum absolute atomic E-state index is 12.9. The molecule has 0 bridgehead atoms. The van der Waals surface area contributed by atoms with E-state index >= 15 is 0 Å². The van der Waals surface area contributed by atoms with Crippen LogP contribution >= 0.6 is 23.6 Å². The third kappa shape index (κ3) is 5.80. The van der Waals surface area contributed by atoms with E-state index in [1.54, 1.807) is 18.2 Å². The second kappa shape index (κ2) is 10.6. The zero-order chi connectivity index (χ0) is 27.8. The van der Waals surface area contributed by atoms with Gasteiger partial charge in [0.25, 0.3) is 25.8 Å². The van der Waals surface area contributed by atoms with Gasteiger partial charge in [0.2, 0.25) is 0 Å². The number of hydrogen-bond acceptors (Lipinski definition) is 11. The number of fused-ring (bicyclic) bond motifs is 1. The fraction of sp³-hybridized carbons (Fsp3) is 0.0500. The highest BCUT2D eigenvalue weighted by Crippen LogP contribution is 2.37. The van der Waals surface area contributed by atoms with Gasteiger partial charge in [0.15, 0.2) is 5.69 Å². The predicted octanol–water partition coefficient (Wildman–Crippen LogP) is 4.62. The summed E-state index contributed by atoms with van der Waals surface area (Å²) in [5.74, 6) is 0. The van der Waals surface area contributed by atoms with E-state index in [0.717, 1.165) is 22.9 Å². The van der Waals surface area contributed by atoms with Gasteiger partial charge in [-0.3, -0.25) is 19.0 Å². The topological polar surface area (TPSA) is 210 Å². The van der Waals surface area contributed by atoms with Crippen molar-refractivity contribution in [3.63, 3.8) is 0 Å². The molecule has 200 valence electrons. The molecule has 1 aromatic heterocycles. The monoisotopic (exact) mass is 602 g/mol. The lowest BCUT2D eigenvalue weighted by atomic mass is 10.1. The molecule has 38 heavy (non-hydrogen) atoms. The number of halogens is 1. The number of H-pyrrole nitrogens is 1. The van der Waals surface area contributed by atoms with Crippen LogP contribution in [0.1, 0.15) is 5.69 Å². The van der Waals surface area contributed by atoms with E-state index in [-0.39, 0.29) is 27.0 Å². The molecule has 4 aromatic rings. The Morgan fingerprint density at radius 3 is 2.34 bits per heavy atom. The normalized spacial score (nSPS) is 12.6. The molecule has 0 unspecified atom stereocenters. The minimum Gasteiger partial charge on any atom is -0.293 e. The zero-order valence-corrected chi connectivity index (χ0v) is 22.0. The molecule has 0 radical (unpaired) electrons. The van der Waals surface area contributed by atoms with E-state index in [1.165, 1.54) is 19.1 Å². The molecule has 4 N–H and O–H groups in total. The van der Waals surface area contributed by atoms with Crippen LogP contribution in [0, 0.1) is 6.92 Å². The number of hydrogen-bond donors (Lipinski definition) is 4. The first-order chi connectivity index (χ1) is 17.8. The Kier molecular flexibility index (Phi) is 7.75. The molecule has 0 atom stereocenters. The molecular formula is C20H15ClN4O10S3. The van der Waals surface area contributed by atoms with Crippen molar-refractivity contribution in [1.82, 2.24) is 9.78 Å². The van der Waals surface area contributed by atoms with E-state index < -0.39 is 41.3 Å². The van der Waals surface area contributed by atoms with Gasteiger partial charge < -0.3 is 0 Å². The van der Waals surface area contributed by atoms with Gasteiger partial charge in [0, 0.05) is 15.3 Å². The molecule has 0 aliphatic rings. The summed E-state index contributed by atoms with van der Waals surface area (Å²) < 4.78 is 73.2. The number of nitrogens with zero attached hydrogens (tertiary/aromatic N) is 3. The Balaban J connectivity index is 1.91. The van der Waals surface area contributed by atoms with E-state index in [0.29, 0.717) is 22.8 Å². The third-order valence-electron chi connectivity index (χ3n) is 5.05. The summed E-state index contributed by atoms with van der Waals surface area (Å²) in [7, 11) is -9.82. The molecular weight excluding hydrogens is 588 g/mol. The summed E-state index contributed by atoms with van der Waals surface area (Å²) in [6, 6.07) is 10.4. The highest BCUT2D eigenvalue weighted by Gasteiger charge is 2.23. The van der Waals surface area contributed by atoms with Crippen LogP contribution < -0.4 is 5.56 Å². The second-order valence-corrected chi connectivity index (χ2v) is 11.5. The summed E-state index contributed by atoms with van der Waals surface area (Å²) in [5.41, 5.74) is -0.768. The Morgan fingerprint density at radius 1 is 1.00 bits per heavy atom. The summed E-state index contributed by atoms with van der Waals surface area (Å²) in [5, 5.41) is 22.3. The lowest BCUT2D eigenvalue weighted by molar-refractivity contribution is -0.432. The molecule has 0 fully saturated rings. The van der Waals surface area contributed by atoms with Gasteiger partial charge in [-0.05, 0) is 54.8 Å². The van der Waals surface area contributed by atoms with Crippen LogP contribution in [0.15, 0.2) is 78.2 Å². The minimum atomic E-state index is -4.94. The predicted molar refractivity (Wildman–Crippen MR) is 135 cm³/mol. The largest absolute Gasteiger partial charge is 0.299 e. The number of aromatic amines is 1. The molecule has 18 heteroatoms. The van der Waals surface area contributed by atoms with Crippen LogP contribution in [0.5, 0.6) is 0 Å². The van der Waals surface area contributed by atoms with E-state index in [9.17, 15) is 30.7 Å². The van der Waals surface area contributed by atoms with E-state index in [1.807, 2.05) is 0 Å². The summed E-state index contributed by atoms with van der Waals surface area (Å²) in [6.07, 6.45) is 0. The second-order valence-electron chi connectivity index (χ2n) is 7.54. The minimum absolute atomic E-state index is 0.0284. The van der Waals surface area contributed by atoms with Crippen molar-refractivity contribution in [3.8, 4) is 5.69 Å². The number of benzene rings is 3. The van der Waals surface area contributed by atoms with Gasteiger partial charge in [-0.25, -0.2) is 9.94 Å². The maximum Gasteiger partial charge on any atom is 0.299 e. The van der Waals surface area contributed by atoms with Crippen molar-refractivity contribution in [2.45, 2.75) is 21.6 Å². The van der Waals surface area contributed by atoms with Crippen LogP contribution in [0.3, 0.4) is 0 Å². The van der Waals surface area contributed by atoms with Crippen LogP contribution in [-0.4, -0.2) is 41.0 Å². The molecule has 0 saturated carbocycles. The van der Waals surface area contributed by atoms with Crippen LogP contribution in [0.2, 0.25) is 5.02 Å². The first kappa shape index (κ1) is 27.9. The molecule has 4 rings (SSSR count). The smallest absolute Gasteiger partial charge is 0.293 e. The SMILES string of the molecule is Cc1[nH]n(-c2cccc(Cl)c2)c(=O)c1N=Nc1cc2c(S(=O)(=O)O)cc(SOOO)cc2cc1S(=O)(=O)O. The first-order valence-electron chi connectivity index (χ1n) is 10.0. The Bertz CT molecular complexity index is 1870. The molecule has 1 heterocycles. The highest BCUT2D eigenvalue weighted by molar-refractivity contribution is 7.94. The quantitative estimate of drug-likeness (QED) is 0.0718. The van der Waals surface area contributed by atoms with Crippen LogP contribution in [-0.2, 0) is 29.6 Å². The van der Waals surface area contributed by atoms with Crippen molar-refractivity contribution in [2.75, 3.05) is 0 Å². The van der Waals surface area contributed by atoms with Gasteiger partial charge in [-0.1, -0.05) is 22.7 Å². The summed E-state index contributed by atoms with van der Waals surface area (Å²) >= 11 is 6.33. The number of nitrogens with one attached hydrogen (secondary N) is 1. The molecule has 0 spiro atoms. The summed E-state index contributed by atoms with van der Waals surface area (Å²) in [6.45, 7) is 1.51. The maximum atomic E-state index is 12.9. The molecule has 0 amide bonds. The lowest BCUT2D eigenvalue weighted by Gasteiger charge is -2.10. The van der Waals surface area contributed by atoms with Gasteiger partial charge in [0.1, 0.15) is 15.5 Å². The average Bonchev–Trinajstić information content (AvgIpc) is 3.12. The van der Waals surface area contributed by atoms with Crippen molar-refractivity contribution < 1.29 is 40.6 Å². The van der Waals surface area contributed by atoms with Crippen molar-refractivity contribution in [3.05, 3.63) is 69.6 Å². The molecule has 14 nitrogen and oxygen atoms in total. The fourth-order valence-corrected chi connectivity index (χ4v) is 5.56. The van der Waals surface area contributed by atoms with Crippen molar-refractivity contribution in [1.29, 1.82) is 0 Å². The number of rotatable bonds is 8. The van der Waals surface area contributed by atoms with Crippen molar-refractivity contribution in [2.24, 2.45) is 10.2 Å². The standard InChI is InChI=1S/C20H15ClN4O10S3/c1-10-19(20(26)25(24-10)13-4-2-3-12(21)7-13)23-22-16-9-15-11(6-18(16)38(31,32)33)5-14(36-35-34-27)8-17(15)37(28,29)30/h2-9,24,27H,1H3,(H,28,29,30)(H,31,32,33). The van der Waals surface area contributed by atoms with Gasteiger partial charge in [0.05, 0.1) is 23.4 Å². The molecule has 0 aliphatic carbocycles. The lowest BCUT2D eigenvalue weighted by Crippen LogP contribution is -2.13. The van der Waals surface area contributed by atoms with Gasteiger partial charge in [-0.15, -0.1) is 14.6 Å².